The zero-order valence-corrected chi connectivity index (χ0v) is 67.2. The minimum absolute atomic E-state index is 0.0276. The first-order chi connectivity index (χ1) is 52.5. The van der Waals surface area contributed by atoms with Crippen LogP contribution < -0.4 is 18.9 Å². The highest BCUT2D eigenvalue weighted by molar-refractivity contribution is 7.92. The second kappa shape index (κ2) is 30.4. The van der Waals surface area contributed by atoms with Gasteiger partial charge in [-0.2, -0.15) is 0 Å². The molecule has 600 valence electrons. The molecular formula is C84H105ClF2N6O16S2. The fourth-order valence-electron chi connectivity index (χ4n) is 18.5. The summed E-state index contributed by atoms with van der Waals surface area (Å²) in [4.78, 5) is 126. The first kappa shape index (κ1) is 80.2. The van der Waals surface area contributed by atoms with Crippen LogP contribution in [-0.4, -0.2) is 142 Å². The molecule has 2 saturated heterocycles. The summed E-state index contributed by atoms with van der Waals surface area (Å²) in [6.07, 6.45) is 23.1. The van der Waals surface area contributed by atoms with Gasteiger partial charge in [-0.25, -0.2) is 35.6 Å². The molecule has 7 fully saturated rings. The molecule has 0 bridgehead atoms. The van der Waals surface area contributed by atoms with Gasteiger partial charge in [0.05, 0.1) is 87.4 Å². The minimum Gasteiger partial charge on any atom is -0.483 e. The van der Waals surface area contributed by atoms with Crippen LogP contribution in [-0.2, 0) is 80.7 Å². The number of amides is 4. The lowest BCUT2D eigenvalue weighted by Crippen LogP contribution is -2.48. The largest absolute Gasteiger partial charge is 0.483 e. The lowest BCUT2D eigenvalue weighted by atomic mass is 9.85. The van der Waals surface area contributed by atoms with E-state index in [1.54, 1.807) is 46.4 Å². The van der Waals surface area contributed by atoms with Gasteiger partial charge in [-0.15, -0.1) is 0 Å². The van der Waals surface area contributed by atoms with Crippen molar-refractivity contribution in [2.24, 2.45) is 40.4 Å². The van der Waals surface area contributed by atoms with E-state index in [0.29, 0.717) is 147 Å². The molecule has 2 aromatic carbocycles. The van der Waals surface area contributed by atoms with E-state index in [4.69, 9.17) is 35.5 Å². The molecule has 4 amide bonds. The number of ketones is 2. The van der Waals surface area contributed by atoms with Crippen LogP contribution in [0.1, 0.15) is 237 Å². The number of sulfonamides is 2. The van der Waals surface area contributed by atoms with Gasteiger partial charge in [-0.3, -0.25) is 47.8 Å². The molecule has 2 aromatic heterocycles. The van der Waals surface area contributed by atoms with E-state index < -0.39 is 116 Å². The number of halogens is 3. The van der Waals surface area contributed by atoms with Crippen LogP contribution in [0.5, 0.6) is 11.5 Å². The van der Waals surface area contributed by atoms with Gasteiger partial charge in [0, 0.05) is 70.5 Å². The Kier molecular flexibility index (Phi) is 21.9. The van der Waals surface area contributed by atoms with E-state index in [0.717, 1.165) is 92.8 Å². The molecule has 2 spiro atoms. The Morgan fingerprint density at radius 3 is 1.52 bits per heavy atom. The second-order valence-electron chi connectivity index (χ2n) is 35.7. The molecule has 8 heterocycles. The SMILES string of the molecule is Cc1nc2cc(Cl)ccc2c2c1O[C@]1(CC2)C[C@H]2C(=O)C[C@]3(C(=O)NS(=O)(=O)C4(C)CC4)C[C@H]3/C=C\CCCCC[C@H](CC(=O)OC(C)(C)C)C(=O)N2C1.Cc1nc2cc(F)c(F)cc2c2c1O[C@]1(CC2)C[C@H]2C(=O)C[C@]3(C(=O)NS(=O)(=O)C4(C)CC4)C[C@H]3/C=C\CCCCC[C@H](CC(=O)OCC3CCCC3)C(=O)N2C1. The van der Waals surface area contributed by atoms with Crippen molar-refractivity contribution >= 4 is 101 Å². The van der Waals surface area contributed by atoms with Crippen molar-refractivity contribution in [1.29, 1.82) is 0 Å². The molecule has 6 aliphatic heterocycles. The molecule has 0 radical (unpaired) electrons. The van der Waals surface area contributed by atoms with E-state index >= 15 is 0 Å². The van der Waals surface area contributed by atoms with E-state index in [1.165, 1.54) is 4.90 Å². The zero-order chi connectivity index (χ0) is 79.2. The Hall–Kier alpha value is -7.45. The maximum atomic E-state index is 14.8. The molecule has 5 saturated carbocycles. The maximum absolute atomic E-state index is 14.8. The number of benzene rings is 2. The van der Waals surface area contributed by atoms with E-state index in [2.05, 4.69) is 14.4 Å². The number of pyridine rings is 2. The number of Topliss-reactive ketones (excluding diaryl/α,β-unsaturated/α-hetero) is 2. The first-order valence-corrected chi connectivity index (χ1v) is 43.6. The Morgan fingerprint density at radius 1 is 0.595 bits per heavy atom. The number of hydrogen-bond donors (Lipinski definition) is 2. The van der Waals surface area contributed by atoms with Crippen molar-refractivity contribution in [1.82, 2.24) is 29.2 Å². The van der Waals surface area contributed by atoms with Gasteiger partial charge in [0.2, 0.25) is 43.7 Å². The minimum atomic E-state index is -3.97. The van der Waals surface area contributed by atoms with E-state index in [1.807, 2.05) is 49.4 Å². The third kappa shape index (κ3) is 16.5. The summed E-state index contributed by atoms with van der Waals surface area (Å²) in [6, 6.07) is 5.81. The number of aromatic nitrogens is 2. The maximum Gasteiger partial charge on any atom is 0.307 e. The van der Waals surface area contributed by atoms with Gasteiger partial charge in [-0.05, 0) is 200 Å². The number of aryl methyl sites for hydroxylation is 4. The molecule has 15 rings (SSSR count). The summed E-state index contributed by atoms with van der Waals surface area (Å²) < 4.78 is 109. The molecule has 111 heavy (non-hydrogen) atoms. The number of carbonyl (C=O) groups is 8. The van der Waals surface area contributed by atoms with Gasteiger partial charge >= 0.3 is 11.9 Å². The van der Waals surface area contributed by atoms with Crippen molar-refractivity contribution in [2.75, 3.05) is 19.7 Å². The summed E-state index contributed by atoms with van der Waals surface area (Å²) in [7, 11) is -7.91. The van der Waals surface area contributed by atoms with Gasteiger partial charge in [0.1, 0.15) is 28.3 Å². The molecule has 10 atom stereocenters. The van der Waals surface area contributed by atoms with Crippen LogP contribution in [0.3, 0.4) is 0 Å². The predicted octanol–water partition coefficient (Wildman–Crippen LogP) is 13.4. The number of carbonyl (C=O) groups excluding carboxylic acids is 8. The number of ether oxygens (including phenoxy) is 4. The standard InChI is InChI=1S/C43H53F2N3O8S.C41H52ClN3O8S/c1-26-38-30(31-19-32(44)33(45)20-34(31)46-26)14-15-42(56-38)22-35-36(49)23-43(40(52)47-57(53,54)41(2)16-17-41)21-29(43)13-7-5-3-4-6-12-28(39(51)48(35)25-42)18-37(50)55-24-27-10-8-9-11-27;1-25-35-30(29-14-13-28(42)20-31(29)43-25)15-16-40(53-35)22-32-33(46)23-41(37(49)44-54(50,51)39(5)17-18-39)21-27(41)12-10-8-6-7-9-11-26(36(48)45(32)24-40)19-34(47)52-38(2,3)4/h7,13,19-20,27-29,35H,3-6,8-12,14-18,21-25H2,1-2H3,(H,47,52);10,12-14,20,26-27,32H,6-9,11,15-19,21-24H2,1-5H3,(H,44,49)/b13-7-;12-10-/t28-,29-,35+,42-,43-;26-,27-,32+,40-,41-/m11/s1. The van der Waals surface area contributed by atoms with Crippen molar-refractivity contribution in [2.45, 2.75) is 279 Å². The van der Waals surface area contributed by atoms with Crippen LogP contribution in [0, 0.1) is 65.9 Å². The fourth-order valence-corrected chi connectivity index (χ4v) is 21.4. The normalized spacial score (nSPS) is 30.5. The number of allylic oxidation sites excluding steroid dienone is 4. The summed E-state index contributed by atoms with van der Waals surface area (Å²) in [5.41, 5.74) is -1.37. The Balaban J connectivity index is 0.000000185. The number of hydrogen-bond acceptors (Lipinski definition) is 18. The molecule has 27 heteroatoms. The van der Waals surface area contributed by atoms with E-state index in [9.17, 15) is 64.0 Å². The molecule has 0 unspecified atom stereocenters. The number of nitrogens with zero attached hydrogens (tertiary/aromatic N) is 4. The highest BCUT2D eigenvalue weighted by atomic mass is 35.5. The lowest BCUT2D eigenvalue weighted by Gasteiger charge is -2.36. The molecule has 5 aliphatic carbocycles. The van der Waals surface area contributed by atoms with Crippen molar-refractivity contribution in [3.8, 4) is 11.5 Å². The number of esters is 2. The molecule has 4 aromatic rings. The van der Waals surface area contributed by atoms with Crippen LogP contribution >= 0.6 is 11.6 Å². The quantitative estimate of drug-likeness (QED) is 0.0983. The summed E-state index contributed by atoms with van der Waals surface area (Å²) >= 11 is 6.29. The molecular weight excluding hydrogens is 1490 g/mol. The Morgan fingerprint density at radius 2 is 1.05 bits per heavy atom. The highest BCUT2D eigenvalue weighted by Crippen LogP contribution is 2.60. The van der Waals surface area contributed by atoms with Gasteiger partial charge in [0.25, 0.3) is 0 Å². The van der Waals surface area contributed by atoms with Crippen LogP contribution in [0.4, 0.5) is 8.78 Å². The van der Waals surface area contributed by atoms with Gasteiger partial charge < -0.3 is 28.7 Å². The molecule has 2 N–H and O–H groups in total. The van der Waals surface area contributed by atoms with Crippen LogP contribution in [0.2, 0.25) is 5.02 Å². The van der Waals surface area contributed by atoms with Crippen LogP contribution in [0.25, 0.3) is 21.8 Å². The third-order valence-corrected chi connectivity index (χ3v) is 30.7. The topological polar surface area (TPSA) is 298 Å². The second-order valence-corrected chi connectivity index (χ2v) is 40.6. The smallest absolute Gasteiger partial charge is 0.307 e. The summed E-state index contributed by atoms with van der Waals surface area (Å²) in [6.45, 7) is 12.7. The fraction of sp³-hybridized carbons (Fsp3) is 0.643. The zero-order valence-electron chi connectivity index (χ0n) is 64.8. The number of fused-ring (bicyclic) bond motifs is 10. The number of nitrogens with one attached hydrogen (secondary N) is 2. The average molecular weight is 1590 g/mol. The molecule has 11 aliphatic rings. The Bertz CT molecular complexity index is 4760. The highest BCUT2D eigenvalue weighted by Gasteiger charge is 2.66. The van der Waals surface area contributed by atoms with Gasteiger partial charge in [-0.1, -0.05) is 80.5 Å². The first-order valence-electron chi connectivity index (χ1n) is 40.2. The van der Waals surface area contributed by atoms with Crippen molar-refractivity contribution in [3.05, 3.63) is 93.8 Å². The Labute approximate surface area is 653 Å². The van der Waals surface area contributed by atoms with E-state index in [-0.39, 0.29) is 86.8 Å². The predicted molar refractivity (Wildman–Crippen MR) is 411 cm³/mol. The van der Waals surface area contributed by atoms with Gasteiger partial charge in [0.15, 0.2) is 23.2 Å². The number of rotatable bonds is 12. The monoisotopic (exact) mass is 1590 g/mol. The molecule has 22 nitrogen and oxygen atoms in total. The summed E-state index contributed by atoms with van der Waals surface area (Å²) in [5.74, 6) is -6.40. The van der Waals surface area contributed by atoms with Crippen LogP contribution in [0.15, 0.2) is 54.6 Å². The summed E-state index contributed by atoms with van der Waals surface area (Å²) in [5, 5.41) is 1.94. The third-order valence-electron chi connectivity index (χ3n) is 26.1. The lowest BCUT2D eigenvalue weighted by molar-refractivity contribution is -0.159. The average Bonchev–Trinajstić information content (AvgIpc) is 1.58. The van der Waals surface area contributed by atoms with Crippen molar-refractivity contribution in [3.63, 3.8) is 0 Å². The van der Waals surface area contributed by atoms with Crippen molar-refractivity contribution < 1.29 is 82.9 Å².